The summed E-state index contributed by atoms with van der Waals surface area (Å²) in [5, 5.41) is 37.9. The van der Waals surface area contributed by atoms with Crippen molar-refractivity contribution in [3.63, 3.8) is 0 Å². The smallest absolute Gasteiger partial charge is 0.227 e. The van der Waals surface area contributed by atoms with E-state index in [4.69, 9.17) is 23.7 Å². The molecule has 4 fully saturated rings. The Balaban J connectivity index is 1.76. The van der Waals surface area contributed by atoms with Gasteiger partial charge >= 0.3 is 0 Å². The predicted octanol–water partition coefficient (Wildman–Crippen LogP) is 1.89. The molecule has 13 nitrogen and oxygen atoms in total. The minimum atomic E-state index is -1.50. The molecule has 0 radical (unpaired) electrons. The van der Waals surface area contributed by atoms with Gasteiger partial charge in [0.1, 0.15) is 12.2 Å². The van der Waals surface area contributed by atoms with Crippen LogP contribution in [0.5, 0.6) is 0 Å². The zero-order valence-electron chi connectivity index (χ0n) is 31.6. The highest BCUT2D eigenvalue weighted by molar-refractivity contribution is 5.83. The van der Waals surface area contributed by atoms with Gasteiger partial charge in [0.25, 0.3) is 0 Å². The van der Waals surface area contributed by atoms with Gasteiger partial charge in [-0.1, -0.05) is 27.2 Å². The highest BCUT2D eigenvalue weighted by Gasteiger charge is 2.51. The molecule has 3 heterocycles. The molecule has 4 N–H and O–H groups in total. The lowest BCUT2D eigenvalue weighted by Gasteiger charge is -2.49. The number of hydrogen-bond acceptors (Lipinski definition) is 11. The van der Waals surface area contributed by atoms with Crippen molar-refractivity contribution in [2.75, 3.05) is 34.8 Å². The monoisotopic (exact) mass is 699 g/mol. The number of aliphatic hydroxyl groups excluding tert-OH is 2. The van der Waals surface area contributed by atoms with Crippen molar-refractivity contribution in [3.05, 3.63) is 0 Å². The number of methoxy groups -OCH3 is 1. The number of carbonyl (C=O) groups excluding carboxylic acids is 2. The van der Waals surface area contributed by atoms with E-state index in [2.05, 4.69) is 5.32 Å². The van der Waals surface area contributed by atoms with Crippen molar-refractivity contribution in [1.82, 2.24) is 15.1 Å². The molecule has 3 saturated heterocycles. The molecular formula is C36H65N3O10. The van der Waals surface area contributed by atoms with E-state index in [1.54, 1.807) is 39.6 Å². The average Bonchev–Trinajstić information content (AvgIpc) is 3.48. The molecule has 4 rings (SSSR count). The fraction of sp³-hybridized carbons (Fsp3) is 0.944. The first-order chi connectivity index (χ1) is 22.8. The molecule has 0 spiro atoms. The summed E-state index contributed by atoms with van der Waals surface area (Å²) in [5.74, 6) is -2.13. The third-order valence-electron chi connectivity index (χ3n) is 11.7. The third kappa shape index (κ3) is 8.97. The molecule has 1 saturated carbocycles. The maximum atomic E-state index is 14.1. The standard InChI is InChI=1S/C36H65N3O10/c1-19-16-35(6,44)31(49-34-28(40)26(38(8)9)15-20(2)46-34)21(3)29(48-27-17-36(7,45-11)30(41)23(5)47-27)22(4)32(42)37-25-14-12-13-24(25)33(43)39(10)18-19/h19-31,34,40-41,44H,12-18H2,1-11H3,(H,37,42)/t19-,20-,21+,22-,23+,24?,25?,26+,27+,28-,29+,30+,31-,34+,35-,36-/m1/s1. The Hall–Kier alpha value is -1.42. The first-order valence-corrected chi connectivity index (χ1v) is 18.3. The van der Waals surface area contributed by atoms with Crippen molar-refractivity contribution in [1.29, 1.82) is 0 Å². The lowest BCUT2D eigenvalue weighted by atomic mass is 9.77. The molecule has 16 atom stereocenters. The van der Waals surface area contributed by atoms with Gasteiger partial charge < -0.3 is 54.1 Å². The molecule has 0 bridgehead atoms. The highest BCUT2D eigenvalue weighted by Crippen LogP contribution is 2.40. The molecule has 3 aliphatic heterocycles. The third-order valence-corrected chi connectivity index (χ3v) is 11.7. The summed E-state index contributed by atoms with van der Waals surface area (Å²) in [6, 6.07) is -0.542. The second kappa shape index (κ2) is 16.1. The van der Waals surface area contributed by atoms with Gasteiger partial charge in [0.2, 0.25) is 11.8 Å². The lowest BCUT2D eigenvalue weighted by molar-refractivity contribution is -0.317. The molecule has 0 aromatic rings. The summed E-state index contributed by atoms with van der Waals surface area (Å²) in [4.78, 5) is 31.5. The van der Waals surface area contributed by atoms with E-state index in [1.165, 1.54) is 7.11 Å². The van der Waals surface area contributed by atoms with E-state index in [0.29, 0.717) is 25.8 Å². The second-order valence-electron chi connectivity index (χ2n) is 16.4. The van der Waals surface area contributed by atoms with Crippen molar-refractivity contribution < 1.29 is 48.6 Å². The van der Waals surface area contributed by atoms with Crippen LogP contribution in [0.15, 0.2) is 0 Å². The quantitative estimate of drug-likeness (QED) is 0.321. The van der Waals surface area contributed by atoms with Gasteiger partial charge in [-0.2, -0.15) is 0 Å². The number of carbonyl (C=O) groups is 2. The molecule has 2 unspecified atom stereocenters. The number of likely N-dealkylation sites (N-methyl/N-ethyl adjacent to an activating group) is 1. The Bertz CT molecular complexity index is 1130. The van der Waals surface area contributed by atoms with Gasteiger partial charge in [-0.15, -0.1) is 0 Å². The number of nitrogens with zero attached hydrogens (tertiary/aromatic N) is 2. The van der Waals surface area contributed by atoms with Crippen LogP contribution in [-0.2, 0) is 33.3 Å². The van der Waals surface area contributed by atoms with Crippen LogP contribution < -0.4 is 5.32 Å². The van der Waals surface area contributed by atoms with Gasteiger partial charge in [-0.25, -0.2) is 0 Å². The molecule has 13 heteroatoms. The van der Waals surface area contributed by atoms with Crippen LogP contribution in [0.25, 0.3) is 0 Å². The maximum absolute atomic E-state index is 14.1. The molecular weight excluding hydrogens is 634 g/mol. The first kappa shape index (κ1) is 40.4. The van der Waals surface area contributed by atoms with Gasteiger partial charge in [-0.3, -0.25) is 9.59 Å². The van der Waals surface area contributed by atoms with E-state index < -0.39 is 66.1 Å². The molecule has 0 aromatic carbocycles. The molecule has 0 aromatic heterocycles. The second-order valence-corrected chi connectivity index (χ2v) is 16.4. The van der Waals surface area contributed by atoms with Gasteiger partial charge in [0, 0.05) is 45.1 Å². The van der Waals surface area contributed by atoms with Gasteiger partial charge in [0.15, 0.2) is 12.6 Å². The van der Waals surface area contributed by atoms with Crippen molar-refractivity contribution in [3.8, 4) is 0 Å². The molecule has 284 valence electrons. The van der Waals surface area contributed by atoms with E-state index in [9.17, 15) is 24.9 Å². The Labute approximate surface area is 293 Å². The number of aliphatic hydroxyl groups is 3. The maximum Gasteiger partial charge on any atom is 0.227 e. The minimum Gasteiger partial charge on any atom is -0.387 e. The molecule has 2 amide bonds. The normalized spacial score (nSPS) is 47.9. The van der Waals surface area contributed by atoms with E-state index >= 15 is 0 Å². The van der Waals surface area contributed by atoms with Crippen LogP contribution in [0.4, 0.5) is 0 Å². The Morgan fingerprint density at radius 3 is 2.31 bits per heavy atom. The van der Waals surface area contributed by atoms with E-state index in [0.717, 1.165) is 6.42 Å². The van der Waals surface area contributed by atoms with Crippen LogP contribution in [0, 0.1) is 23.7 Å². The Kier molecular flexibility index (Phi) is 13.2. The Morgan fingerprint density at radius 2 is 1.67 bits per heavy atom. The summed E-state index contributed by atoms with van der Waals surface area (Å²) < 4.78 is 31.5. The summed E-state index contributed by atoms with van der Waals surface area (Å²) in [7, 11) is 7.12. The van der Waals surface area contributed by atoms with Crippen LogP contribution >= 0.6 is 0 Å². The van der Waals surface area contributed by atoms with Crippen molar-refractivity contribution >= 4 is 11.8 Å². The minimum absolute atomic E-state index is 0.0163. The SMILES string of the molecule is CO[C@]1(C)C[C@H](O[C@H]2[C@H](C)[C@@H](O[C@@H]3O[C@H](C)C[C@H](N(C)C)[C@H]3O)[C@](C)(O)C[C@@H](C)CN(C)C(=O)C3CCCC3NC(=O)[C@@H]2C)O[C@@H](C)[C@@H]1O. The zero-order valence-corrected chi connectivity index (χ0v) is 31.6. The summed E-state index contributed by atoms with van der Waals surface area (Å²) in [5.41, 5.74) is -2.47. The average molecular weight is 700 g/mol. The number of rotatable bonds is 6. The van der Waals surface area contributed by atoms with Crippen molar-refractivity contribution in [2.24, 2.45) is 23.7 Å². The van der Waals surface area contributed by atoms with Crippen molar-refractivity contribution in [2.45, 2.75) is 159 Å². The topological polar surface area (TPSA) is 159 Å². The highest BCUT2D eigenvalue weighted by atomic mass is 16.7. The van der Waals surface area contributed by atoms with Crippen LogP contribution in [0.2, 0.25) is 0 Å². The largest absolute Gasteiger partial charge is 0.387 e. The van der Waals surface area contributed by atoms with Crippen LogP contribution in [0.1, 0.15) is 87.0 Å². The molecule has 1 aliphatic carbocycles. The van der Waals surface area contributed by atoms with E-state index in [1.807, 2.05) is 39.8 Å². The van der Waals surface area contributed by atoms with Crippen LogP contribution in [0.3, 0.4) is 0 Å². The fourth-order valence-corrected chi connectivity index (χ4v) is 8.89. The van der Waals surface area contributed by atoms with Crippen LogP contribution in [-0.4, -0.2) is 144 Å². The fourth-order valence-electron chi connectivity index (χ4n) is 8.89. The number of nitrogens with one attached hydrogen (secondary N) is 1. The van der Waals surface area contributed by atoms with E-state index in [-0.39, 0.29) is 54.7 Å². The predicted molar refractivity (Wildman–Crippen MR) is 182 cm³/mol. The van der Waals surface area contributed by atoms with Gasteiger partial charge in [-0.05, 0) is 73.4 Å². The van der Waals surface area contributed by atoms with Gasteiger partial charge in [0.05, 0.1) is 47.5 Å². The molecule has 4 aliphatic rings. The zero-order chi connectivity index (χ0) is 36.6. The molecule has 49 heavy (non-hydrogen) atoms. The first-order valence-electron chi connectivity index (χ1n) is 18.3. The summed E-state index contributed by atoms with van der Waals surface area (Å²) in [6.07, 6.45) is -3.18. The number of ether oxygens (including phenoxy) is 5. The lowest BCUT2D eigenvalue weighted by Crippen LogP contribution is -2.61. The summed E-state index contributed by atoms with van der Waals surface area (Å²) >= 11 is 0. The summed E-state index contributed by atoms with van der Waals surface area (Å²) in [6.45, 7) is 13.3. The Morgan fingerprint density at radius 1 is 1.00 bits per heavy atom. The number of fused-ring (bicyclic) bond motifs is 1. The number of hydrogen-bond donors (Lipinski definition) is 4. The number of amides is 2.